The van der Waals surface area contributed by atoms with Gasteiger partial charge < -0.3 is 15.2 Å². The number of benzene rings is 2. The first-order valence-corrected chi connectivity index (χ1v) is 10.5. The summed E-state index contributed by atoms with van der Waals surface area (Å²) in [4.78, 5) is 11.5. The quantitative estimate of drug-likeness (QED) is 0.638. The van der Waals surface area contributed by atoms with Gasteiger partial charge in [0.15, 0.2) is 15.6 Å². The molecule has 2 aromatic rings. The summed E-state index contributed by atoms with van der Waals surface area (Å²) in [5.74, 6) is 0.577. The molecule has 0 spiro atoms. The molecule has 0 amide bonds. The maximum absolute atomic E-state index is 11.5. The van der Waals surface area contributed by atoms with Crippen LogP contribution >= 0.6 is 0 Å². The second-order valence-electron chi connectivity index (χ2n) is 6.52. The van der Waals surface area contributed by atoms with Gasteiger partial charge in [-0.3, -0.25) is 4.79 Å². The molecule has 0 aromatic heterocycles. The maximum Gasteiger partial charge on any atom is 0.175 e. The van der Waals surface area contributed by atoms with E-state index in [4.69, 9.17) is 4.74 Å². The maximum atomic E-state index is 11.5. The van der Waals surface area contributed by atoms with E-state index in [2.05, 4.69) is 5.32 Å². The second-order valence-corrected chi connectivity index (χ2v) is 8.53. The molecule has 2 aromatic carbocycles. The summed E-state index contributed by atoms with van der Waals surface area (Å²) in [5, 5.41) is 13.3. The van der Waals surface area contributed by atoms with Crippen LogP contribution in [-0.4, -0.2) is 44.8 Å². The Bertz CT molecular complexity index is 860. The Kier molecular flexibility index (Phi) is 7.12. The number of ketones is 1. The zero-order chi connectivity index (χ0) is 20.0. The fourth-order valence-corrected chi connectivity index (χ4v) is 3.10. The molecule has 0 radical (unpaired) electrons. The van der Waals surface area contributed by atoms with E-state index >= 15 is 0 Å². The summed E-state index contributed by atoms with van der Waals surface area (Å²) in [6, 6.07) is 13.4. The predicted octanol–water partition coefficient (Wildman–Crippen LogP) is 2.38. The first-order valence-electron chi connectivity index (χ1n) is 8.62. The van der Waals surface area contributed by atoms with Crippen molar-refractivity contribution in [1.29, 1.82) is 0 Å². The van der Waals surface area contributed by atoms with E-state index in [1.54, 1.807) is 48.5 Å². The molecule has 2 atom stereocenters. The lowest BCUT2D eigenvalue weighted by molar-refractivity contribution is 0.101. The van der Waals surface area contributed by atoms with E-state index < -0.39 is 15.9 Å². The number of Topliss-reactive ketones (excluding diaryl/α,β-unsaturated/α-hetero) is 1. The highest BCUT2D eigenvalue weighted by molar-refractivity contribution is 7.90. The number of ether oxygens (including phenoxy) is 1. The Morgan fingerprint density at radius 3 is 2.22 bits per heavy atom. The molecule has 0 saturated heterocycles. The lowest BCUT2D eigenvalue weighted by Gasteiger charge is -2.18. The molecule has 0 unspecified atom stereocenters. The zero-order valence-corrected chi connectivity index (χ0v) is 16.5. The lowest BCUT2D eigenvalue weighted by atomic mass is 10.1. The van der Waals surface area contributed by atoms with Gasteiger partial charge >= 0.3 is 0 Å². The number of carbonyl (C=O) groups excluding carboxylic acids is 1. The SMILES string of the molecule is CC(=O)c1ccc(OC[C@@H](O)CN[C@H](C)c2ccc(S(C)(=O)=O)cc2)cc1. The van der Waals surface area contributed by atoms with Gasteiger partial charge in [-0.2, -0.15) is 0 Å². The van der Waals surface area contributed by atoms with Crippen molar-refractivity contribution in [3.05, 3.63) is 59.7 Å². The molecule has 0 bridgehead atoms. The minimum atomic E-state index is -3.21. The van der Waals surface area contributed by atoms with Crippen molar-refractivity contribution >= 4 is 15.6 Å². The van der Waals surface area contributed by atoms with Crippen LogP contribution in [0.25, 0.3) is 0 Å². The predicted molar refractivity (Wildman–Crippen MR) is 104 cm³/mol. The molecule has 0 aliphatic rings. The smallest absolute Gasteiger partial charge is 0.175 e. The standard InChI is InChI=1S/C20H25NO5S/c1-14(16-6-10-20(11-7-16)27(3,24)25)21-12-18(23)13-26-19-8-4-17(5-9-19)15(2)22/h4-11,14,18,21,23H,12-13H2,1-3H3/t14-,18+/m1/s1. The van der Waals surface area contributed by atoms with Crippen LogP contribution in [0, 0.1) is 0 Å². The normalized spacial score (nSPS) is 13.8. The van der Waals surface area contributed by atoms with Crippen molar-refractivity contribution in [3.8, 4) is 5.75 Å². The average Bonchev–Trinajstić information content (AvgIpc) is 2.64. The van der Waals surface area contributed by atoms with Gasteiger partial charge in [0.05, 0.1) is 4.90 Å². The van der Waals surface area contributed by atoms with E-state index in [9.17, 15) is 18.3 Å². The average molecular weight is 391 g/mol. The number of aliphatic hydroxyl groups excluding tert-OH is 1. The highest BCUT2D eigenvalue weighted by Crippen LogP contribution is 2.16. The van der Waals surface area contributed by atoms with E-state index in [1.807, 2.05) is 6.92 Å². The van der Waals surface area contributed by atoms with Crippen LogP contribution in [-0.2, 0) is 9.84 Å². The third-order valence-corrected chi connectivity index (χ3v) is 5.30. The molecule has 2 rings (SSSR count). The molecule has 0 heterocycles. The molecule has 27 heavy (non-hydrogen) atoms. The molecule has 7 heteroatoms. The van der Waals surface area contributed by atoms with E-state index in [1.165, 1.54) is 13.2 Å². The van der Waals surface area contributed by atoms with Crippen LogP contribution in [0.15, 0.2) is 53.4 Å². The van der Waals surface area contributed by atoms with Crippen LogP contribution in [0.3, 0.4) is 0 Å². The summed E-state index contributed by atoms with van der Waals surface area (Å²) >= 11 is 0. The molecule has 0 saturated carbocycles. The van der Waals surface area contributed by atoms with Crippen molar-refractivity contribution in [1.82, 2.24) is 5.32 Å². The van der Waals surface area contributed by atoms with Crippen LogP contribution in [0.2, 0.25) is 0 Å². The molecule has 0 fully saturated rings. The first-order chi connectivity index (χ1) is 12.7. The summed E-state index contributed by atoms with van der Waals surface area (Å²) in [6.45, 7) is 3.87. The number of nitrogens with one attached hydrogen (secondary N) is 1. The topological polar surface area (TPSA) is 92.7 Å². The summed E-state index contributed by atoms with van der Waals surface area (Å²) < 4.78 is 28.5. The Labute approximate surface area is 160 Å². The largest absolute Gasteiger partial charge is 0.491 e. The number of rotatable bonds is 9. The molecule has 2 N–H and O–H groups in total. The molecule has 6 nitrogen and oxygen atoms in total. The number of aliphatic hydroxyl groups is 1. The zero-order valence-electron chi connectivity index (χ0n) is 15.7. The summed E-state index contributed by atoms with van der Waals surface area (Å²) in [6.07, 6.45) is 0.462. The van der Waals surface area contributed by atoms with Crippen molar-refractivity contribution < 1.29 is 23.1 Å². The number of sulfone groups is 1. The molecule has 0 aliphatic heterocycles. The van der Waals surface area contributed by atoms with Crippen molar-refractivity contribution in [2.24, 2.45) is 0 Å². The first kappa shape index (κ1) is 21.1. The Morgan fingerprint density at radius 1 is 1.11 bits per heavy atom. The molecular formula is C20H25NO5S. The lowest BCUT2D eigenvalue weighted by Crippen LogP contribution is -2.33. The molecule has 0 aliphatic carbocycles. The molecular weight excluding hydrogens is 366 g/mol. The van der Waals surface area contributed by atoms with Gasteiger partial charge in [0.2, 0.25) is 0 Å². The fourth-order valence-electron chi connectivity index (χ4n) is 2.47. The van der Waals surface area contributed by atoms with Gasteiger partial charge in [-0.05, 0) is 55.8 Å². The number of hydrogen-bond acceptors (Lipinski definition) is 6. The second kappa shape index (κ2) is 9.12. The van der Waals surface area contributed by atoms with Gasteiger partial charge in [0.25, 0.3) is 0 Å². The van der Waals surface area contributed by atoms with Crippen molar-refractivity contribution in [2.75, 3.05) is 19.4 Å². The van der Waals surface area contributed by atoms with Crippen molar-refractivity contribution in [2.45, 2.75) is 30.9 Å². The summed E-state index contributed by atoms with van der Waals surface area (Å²) in [7, 11) is -3.21. The van der Waals surface area contributed by atoms with Gasteiger partial charge in [0.1, 0.15) is 18.5 Å². The van der Waals surface area contributed by atoms with Crippen LogP contribution in [0.4, 0.5) is 0 Å². The van der Waals surface area contributed by atoms with Gasteiger partial charge in [-0.15, -0.1) is 0 Å². The van der Waals surface area contributed by atoms with Gasteiger partial charge in [-0.1, -0.05) is 12.1 Å². The minimum absolute atomic E-state index is 0.00987. The highest BCUT2D eigenvalue weighted by Gasteiger charge is 2.12. The van der Waals surface area contributed by atoms with Crippen molar-refractivity contribution in [3.63, 3.8) is 0 Å². The van der Waals surface area contributed by atoms with Crippen LogP contribution < -0.4 is 10.1 Å². The van der Waals surface area contributed by atoms with E-state index in [-0.39, 0.29) is 23.3 Å². The third kappa shape index (κ3) is 6.46. The Morgan fingerprint density at radius 2 is 1.70 bits per heavy atom. The highest BCUT2D eigenvalue weighted by atomic mass is 32.2. The van der Waals surface area contributed by atoms with E-state index in [0.717, 1.165) is 5.56 Å². The van der Waals surface area contributed by atoms with E-state index in [0.29, 0.717) is 17.9 Å². The third-order valence-electron chi connectivity index (χ3n) is 4.17. The fraction of sp³-hybridized carbons (Fsp3) is 0.350. The number of carbonyl (C=O) groups is 1. The Balaban J connectivity index is 1.80. The summed E-state index contributed by atoms with van der Waals surface area (Å²) in [5.41, 5.74) is 1.54. The van der Waals surface area contributed by atoms with Crippen LogP contribution in [0.5, 0.6) is 5.75 Å². The van der Waals surface area contributed by atoms with Gasteiger partial charge in [-0.25, -0.2) is 8.42 Å². The van der Waals surface area contributed by atoms with Crippen LogP contribution in [0.1, 0.15) is 35.8 Å². The Hall–Kier alpha value is -2.22. The monoisotopic (exact) mass is 391 g/mol. The molecule has 146 valence electrons. The number of hydrogen-bond donors (Lipinski definition) is 2. The van der Waals surface area contributed by atoms with Gasteiger partial charge in [0, 0.05) is 24.4 Å². The minimum Gasteiger partial charge on any atom is -0.491 e.